The maximum atomic E-state index is 5.60. The molecule has 0 aliphatic carbocycles. The highest BCUT2D eigenvalue weighted by Crippen LogP contribution is 2.00. The van der Waals surface area contributed by atoms with Gasteiger partial charge in [0.15, 0.2) is 4.77 Å². The van der Waals surface area contributed by atoms with Crippen LogP contribution in [0.15, 0.2) is 0 Å². The van der Waals surface area contributed by atoms with Crippen LogP contribution >= 0.6 is 12.2 Å². The average Bonchev–Trinajstić information content (AvgIpc) is 2.48. The van der Waals surface area contributed by atoms with Crippen LogP contribution in [0.4, 0.5) is 5.95 Å². The van der Waals surface area contributed by atoms with E-state index in [9.17, 15) is 0 Å². The monoisotopic (exact) mass is 216 g/mol. The standard InChI is InChI=1S/C8H16N4OS/c1-2-5-13-6-3-4-12-7(9)10-11-8(12)14/h2-6H2,1H3,(H2,9,10)(H,11,14). The lowest BCUT2D eigenvalue weighted by Crippen LogP contribution is -2.06. The Balaban J connectivity index is 2.28. The Kier molecular flexibility index (Phi) is 4.61. The Hall–Kier alpha value is -0.880. The largest absolute Gasteiger partial charge is 0.381 e. The number of rotatable bonds is 6. The van der Waals surface area contributed by atoms with Crippen molar-refractivity contribution in [1.29, 1.82) is 0 Å². The van der Waals surface area contributed by atoms with Crippen molar-refractivity contribution >= 4 is 18.2 Å². The number of aromatic amines is 1. The molecule has 0 aromatic carbocycles. The lowest BCUT2D eigenvalue weighted by molar-refractivity contribution is 0.129. The number of aromatic nitrogens is 3. The number of hydrogen-bond acceptors (Lipinski definition) is 4. The molecule has 6 heteroatoms. The van der Waals surface area contributed by atoms with Crippen molar-refractivity contribution in [2.24, 2.45) is 0 Å². The topological polar surface area (TPSA) is 68.9 Å². The maximum absolute atomic E-state index is 5.60. The number of nitrogen functional groups attached to an aromatic ring is 1. The van der Waals surface area contributed by atoms with E-state index in [-0.39, 0.29) is 0 Å². The predicted molar refractivity (Wildman–Crippen MR) is 57.6 cm³/mol. The first kappa shape index (κ1) is 11.2. The van der Waals surface area contributed by atoms with Crippen LogP contribution in [0.2, 0.25) is 0 Å². The summed E-state index contributed by atoms with van der Waals surface area (Å²) in [6.45, 7) is 4.39. The number of hydrogen-bond donors (Lipinski definition) is 2. The molecule has 80 valence electrons. The van der Waals surface area contributed by atoms with Gasteiger partial charge in [0.05, 0.1) is 0 Å². The minimum Gasteiger partial charge on any atom is -0.381 e. The summed E-state index contributed by atoms with van der Waals surface area (Å²) in [5, 5.41) is 6.45. The quantitative estimate of drug-likeness (QED) is 0.556. The van der Waals surface area contributed by atoms with Crippen LogP contribution in [0.3, 0.4) is 0 Å². The summed E-state index contributed by atoms with van der Waals surface area (Å²) in [7, 11) is 0. The van der Waals surface area contributed by atoms with E-state index < -0.39 is 0 Å². The molecule has 1 aromatic rings. The minimum absolute atomic E-state index is 0.436. The van der Waals surface area contributed by atoms with Crippen LogP contribution in [-0.4, -0.2) is 28.0 Å². The lowest BCUT2D eigenvalue weighted by atomic mass is 10.4. The number of nitrogens with zero attached hydrogens (tertiary/aromatic N) is 2. The smallest absolute Gasteiger partial charge is 0.220 e. The SMILES string of the molecule is CCCOCCCn1c(N)n[nH]c1=S. The number of nitrogens with one attached hydrogen (secondary N) is 1. The van der Waals surface area contributed by atoms with E-state index in [2.05, 4.69) is 17.1 Å². The van der Waals surface area contributed by atoms with Crippen LogP contribution in [0.5, 0.6) is 0 Å². The molecule has 3 N–H and O–H groups in total. The van der Waals surface area contributed by atoms with Crippen LogP contribution in [-0.2, 0) is 11.3 Å². The third kappa shape index (κ3) is 3.12. The minimum atomic E-state index is 0.436. The molecular formula is C8H16N4OS. The molecular weight excluding hydrogens is 200 g/mol. The summed E-state index contributed by atoms with van der Waals surface area (Å²) in [4.78, 5) is 0. The normalized spacial score (nSPS) is 10.6. The Morgan fingerprint density at radius 3 is 2.93 bits per heavy atom. The van der Waals surface area contributed by atoms with Crippen LogP contribution in [0.1, 0.15) is 19.8 Å². The second-order valence-corrected chi connectivity index (χ2v) is 3.39. The zero-order chi connectivity index (χ0) is 10.4. The molecule has 1 heterocycles. The summed E-state index contributed by atoms with van der Waals surface area (Å²) in [5.74, 6) is 0.436. The van der Waals surface area contributed by atoms with Crippen LogP contribution in [0.25, 0.3) is 0 Å². The Morgan fingerprint density at radius 2 is 2.36 bits per heavy atom. The molecule has 0 amide bonds. The molecule has 14 heavy (non-hydrogen) atoms. The molecule has 0 fully saturated rings. The van der Waals surface area contributed by atoms with E-state index >= 15 is 0 Å². The first-order chi connectivity index (χ1) is 6.75. The van der Waals surface area contributed by atoms with Crippen molar-refractivity contribution in [2.45, 2.75) is 26.3 Å². The van der Waals surface area contributed by atoms with Gasteiger partial charge in [-0.25, -0.2) is 5.10 Å². The molecule has 0 bridgehead atoms. The fourth-order valence-corrected chi connectivity index (χ4v) is 1.35. The van der Waals surface area contributed by atoms with Crippen molar-refractivity contribution in [2.75, 3.05) is 18.9 Å². The number of anilines is 1. The lowest BCUT2D eigenvalue weighted by Gasteiger charge is -2.04. The van der Waals surface area contributed by atoms with Gasteiger partial charge in [0.25, 0.3) is 0 Å². The number of nitrogens with two attached hydrogens (primary N) is 1. The van der Waals surface area contributed by atoms with Gasteiger partial charge in [-0.05, 0) is 25.1 Å². The van der Waals surface area contributed by atoms with E-state index in [0.717, 1.165) is 32.6 Å². The Morgan fingerprint density at radius 1 is 1.57 bits per heavy atom. The zero-order valence-corrected chi connectivity index (χ0v) is 9.14. The molecule has 0 aliphatic rings. The van der Waals surface area contributed by atoms with E-state index in [1.54, 1.807) is 4.57 Å². The van der Waals surface area contributed by atoms with E-state index in [1.807, 2.05) is 0 Å². The average molecular weight is 216 g/mol. The molecule has 0 radical (unpaired) electrons. The van der Waals surface area contributed by atoms with Gasteiger partial charge in [-0.15, -0.1) is 5.10 Å². The van der Waals surface area contributed by atoms with E-state index in [4.69, 9.17) is 22.7 Å². The first-order valence-corrected chi connectivity index (χ1v) is 5.15. The molecule has 0 aliphatic heterocycles. The van der Waals surface area contributed by atoms with Gasteiger partial charge in [-0.2, -0.15) is 0 Å². The first-order valence-electron chi connectivity index (χ1n) is 4.74. The van der Waals surface area contributed by atoms with Crippen molar-refractivity contribution in [1.82, 2.24) is 14.8 Å². The Bertz CT molecular complexity index is 319. The molecule has 0 unspecified atom stereocenters. The highest BCUT2D eigenvalue weighted by Gasteiger charge is 2.00. The fourth-order valence-electron chi connectivity index (χ4n) is 1.12. The van der Waals surface area contributed by atoms with Gasteiger partial charge in [-0.1, -0.05) is 6.92 Å². The summed E-state index contributed by atoms with van der Waals surface area (Å²) >= 11 is 5.00. The summed E-state index contributed by atoms with van der Waals surface area (Å²) in [6, 6.07) is 0. The van der Waals surface area contributed by atoms with Crippen molar-refractivity contribution < 1.29 is 4.74 Å². The van der Waals surface area contributed by atoms with Gasteiger partial charge < -0.3 is 10.5 Å². The zero-order valence-electron chi connectivity index (χ0n) is 8.32. The van der Waals surface area contributed by atoms with Gasteiger partial charge in [0.2, 0.25) is 5.95 Å². The molecule has 0 saturated heterocycles. The van der Waals surface area contributed by atoms with Gasteiger partial charge in [0, 0.05) is 19.8 Å². The fraction of sp³-hybridized carbons (Fsp3) is 0.750. The van der Waals surface area contributed by atoms with Gasteiger partial charge >= 0.3 is 0 Å². The number of ether oxygens (including phenoxy) is 1. The highest BCUT2D eigenvalue weighted by molar-refractivity contribution is 7.71. The second kappa shape index (κ2) is 5.77. The molecule has 1 rings (SSSR count). The van der Waals surface area contributed by atoms with E-state index in [1.165, 1.54) is 0 Å². The summed E-state index contributed by atoms with van der Waals surface area (Å²) in [6.07, 6.45) is 1.95. The van der Waals surface area contributed by atoms with Crippen LogP contribution in [0, 0.1) is 4.77 Å². The maximum Gasteiger partial charge on any atom is 0.220 e. The third-order valence-electron chi connectivity index (χ3n) is 1.81. The molecule has 0 atom stereocenters. The summed E-state index contributed by atoms with van der Waals surface area (Å²) in [5.41, 5.74) is 5.60. The predicted octanol–water partition coefficient (Wildman–Crippen LogP) is 1.34. The molecule has 5 nitrogen and oxygen atoms in total. The molecule has 0 spiro atoms. The number of H-pyrrole nitrogens is 1. The molecule has 0 saturated carbocycles. The van der Waals surface area contributed by atoms with E-state index in [0.29, 0.717) is 10.7 Å². The van der Waals surface area contributed by atoms with Gasteiger partial charge in [0.1, 0.15) is 0 Å². The van der Waals surface area contributed by atoms with Crippen molar-refractivity contribution in [3.63, 3.8) is 0 Å². The highest BCUT2D eigenvalue weighted by atomic mass is 32.1. The third-order valence-corrected chi connectivity index (χ3v) is 2.12. The van der Waals surface area contributed by atoms with Crippen molar-refractivity contribution in [3.05, 3.63) is 4.77 Å². The summed E-state index contributed by atoms with van der Waals surface area (Å²) < 4.78 is 7.68. The second-order valence-electron chi connectivity index (χ2n) is 3.00. The Labute approximate surface area is 88.3 Å². The van der Waals surface area contributed by atoms with Gasteiger partial charge in [-0.3, -0.25) is 4.57 Å². The van der Waals surface area contributed by atoms with Crippen molar-refractivity contribution in [3.8, 4) is 0 Å². The van der Waals surface area contributed by atoms with Crippen LogP contribution < -0.4 is 5.73 Å². The molecule has 1 aromatic heterocycles.